The molecule has 0 N–H and O–H groups in total. The molecule has 2 atom stereocenters. The van der Waals surface area contributed by atoms with E-state index in [1.807, 2.05) is 30.3 Å². The molecule has 0 saturated carbocycles. The topological polar surface area (TPSA) is 52.6 Å². The van der Waals surface area contributed by atoms with Crippen LogP contribution in [0.3, 0.4) is 0 Å². The Morgan fingerprint density at radius 1 is 1.35 bits per heavy atom. The lowest BCUT2D eigenvalue weighted by Gasteiger charge is -2.30. The summed E-state index contributed by atoms with van der Waals surface area (Å²) in [6.07, 6.45) is -0.169. The van der Waals surface area contributed by atoms with Crippen molar-refractivity contribution in [2.24, 2.45) is 5.41 Å². The third-order valence-corrected chi connectivity index (χ3v) is 4.68. The zero-order chi connectivity index (χ0) is 14.8. The Kier molecular flexibility index (Phi) is 4.38. The highest BCUT2D eigenvalue weighted by atomic mass is 32.2. The highest BCUT2D eigenvalue weighted by Crippen LogP contribution is 2.41. The van der Waals surface area contributed by atoms with E-state index in [0.29, 0.717) is 6.42 Å². The van der Waals surface area contributed by atoms with Crippen molar-refractivity contribution in [2.45, 2.75) is 36.5 Å². The minimum absolute atomic E-state index is 0.0843. The average molecular weight is 294 g/mol. The molecule has 1 aliphatic rings. The fourth-order valence-corrected chi connectivity index (χ4v) is 3.71. The first kappa shape index (κ1) is 14.9. The van der Waals surface area contributed by atoms with Crippen LogP contribution in [0.5, 0.6) is 0 Å². The van der Waals surface area contributed by atoms with Crippen LogP contribution in [0.15, 0.2) is 35.2 Å². The van der Waals surface area contributed by atoms with Gasteiger partial charge in [-0.05, 0) is 26.0 Å². The first-order valence-electron chi connectivity index (χ1n) is 6.44. The maximum absolute atomic E-state index is 11.9. The Labute approximate surface area is 122 Å². The molecule has 108 valence electrons. The van der Waals surface area contributed by atoms with Gasteiger partial charge in [0, 0.05) is 4.90 Å². The van der Waals surface area contributed by atoms with Gasteiger partial charge in [-0.3, -0.25) is 9.59 Å². The largest absolute Gasteiger partial charge is 0.468 e. The minimum Gasteiger partial charge on any atom is -0.468 e. The van der Waals surface area contributed by atoms with Gasteiger partial charge in [-0.1, -0.05) is 18.2 Å². The SMILES string of the molecule is COC(=O)C(C)(C)[C@@H]1OC(=O)C[C@H]1Sc1ccccc1. The van der Waals surface area contributed by atoms with Crippen LogP contribution < -0.4 is 0 Å². The highest BCUT2D eigenvalue weighted by molar-refractivity contribution is 8.00. The lowest BCUT2D eigenvalue weighted by atomic mass is 9.85. The molecule has 5 heteroatoms. The molecule has 0 radical (unpaired) electrons. The Morgan fingerprint density at radius 3 is 2.60 bits per heavy atom. The van der Waals surface area contributed by atoms with Crippen LogP contribution in [-0.4, -0.2) is 30.4 Å². The lowest BCUT2D eigenvalue weighted by Crippen LogP contribution is -2.42. The monoisotopic (exact) mass is 294 g/mol. The zero-order valence-electron chi connectivity index (χ0n) is 11.8. The Morgan fingerprint density at radius 2 is 2.00 bits per heavy atom. The molecular weight excluding hydrogens is 276 g/mol. The van der Waals surface area contributed by atoms with Crippen molar-refractivity contribution in [3.63, 3.8) is 0 Å². The average Bonchev–Trinajstić information content (AvgIpc) is 2.80. The quantitative estimate of drug-likeness (QED) is 0.799. The maximum atomic E-state index is 11.9. The van der Waals surface area contributed by atoms with E-state index < -0.39 is 11.5 Å². The Bertz CT molecular complexity index is 498. The summed E-state index contributed by atoms with van der Waals surface area (Å²) in [5.74, 6) is -0.628. The van der Waals surface area contributed by atoms with Crippen molar-refractivity contribution in [3.8, 4) is 0 Å². The first-order chi connectivity index (χ1) is 9.45. The summed E-state index contributed by atoms with van der Waals surface area (Å²) in [4.78, 5) is 24.6. The lowest BCUT2D eigenvalue weighted by molar-refractivity contribution is -0.162. The van der Waals surface area contributed by atoms with E-state index in [4.69, 9.17) is 9.47 Å². The van der Waals surface area contributed by atoms with Crippen molar-refractivity contribution in [1.82, 2.24) is 0 Å². The maximum Gasteiger partial charge on any atom is 0.315 e. The van der Waals surface area contributed by atoms with E-state index in [9.17, 15) is 9.59 Å². The molecule has 4 nitrogen and oxygen atoms in total. The summed E-state index contributed by atoms with van der Waals surface area (Å²) < 4.78 is 10.2. The molecular formula is C15H18O4S. The number of esters is 2. The Hall–Kier alpha value is -1.49. The second-order valence-electron chi connectivity index (χ2n) is 5.30. The molecule has 1 aromatic carbocycles. The first-order valence-corrected chi connectivity index (χ1v) is 7.32. The number of rotatable bonds is 4. The number of hydrogen-bond acceptors (Lipinski definition) is 5. The minimum atomic E-state index is -0.854. The van der Waals surface area contributed by atoms with Gasteiger partial charge in [0.25, 0.3) is 0 Å². The molecule has 0 aliphatic carbocycles. The third kappa shape index (κ3) is 2.98. The second kappa shape index (κ2) is 5.87. The molecule has 1 aliphatic heterocycles. The molecule has 2 rings (SSSR count). The second-order valence-corrected chi connectivity index (χ2v) is 6.61. The van der Waals surface area contributed by atoms with Gasteiger partial charge < -0.3 is 9.47 Å². The molecule has 0 bridgehead atoms. The molecule has 0 amide bonds. The number of benzene rings is 1. The fourth-order valence-electron chi connectivity index (χ4n) is 2.31. The predicted octanol–water partition coefficient (Wildman–Crippen LogP) is 2.66. The number of ether oxygens (including phenoxy) is 2. The Balaban J connectivity index is 2.19. The van der Waals surface area contributed by atoms with Gasteiger partial charge in [0.05, 0.1) is 18.8 Å². The van der Waals surface area contributed by atoms with E-state index in [1.54, 1.807) is 25.6 Å². The van der Waals surface area contributed by atoms with E-state index in [2.05, 4.69) is 0 Å². The normalized spacial score (nSPS) is 22.4. The summed E-state index contributed by atoms with van der Waals surface area (Å²) in [7, 11) is 1.35. The van der Waals surface area contributed by atoms with Gasteiger partial charge in [0.15, 0.2) is 0 Å². The van der Waals surface area contributed by atoms with Crippen molar-refractivity contribution >= 4 is 23.7 Å². The van der Waals surface area contributed by atoms with Crippen LogP contribution in [0.2, 0.25) is 0 Å². The van der Waals surface area contributed by atoms with Gasteiger partial charge in [-0.2, -0.15) is 0 Å². The fraction of sp³-hybridized carbons (Fsp3) is 0.467. The van der Waals surface area contributed by atoms with Crippen LogP contribution in [0, 0.1) is 5.41 Å². The van der Waals surface area contributed by atoms with Crippen molar-refractivity contribution in [2.75, 3.05) is 7.11 Å². The van der Waals surface area contributed by atoms with Gasteiger partial charge in [0.2, 0.25) is 0 Å². The predicted molar refractivity (Wildman–Crippen MR) is 76.4 cm³/mol. The number of carbonyl (C=O) groups is 2. The number of thioether (sulfide) groups is 1. The van der Waals surface area contributed by atoms with Gasteiger partial charge in [-0.15, -0.1) is 11.8 Å². The van der Waals surface area contributed by atoms with Gasteiger partial charge in [0.1, 0.15) is 11.5 Å². The van der Waals surface area contributed by atoms with Gasteiger partial charge in [-0.25, -0.2) is 0 Å². The summed E-state index contributed by atoms with van der Waals surface area (Å²) in [6.45, 7) is 3.50. The van der Waals surface area contributed by atoms with Crippen molar-refractivity contribution in [3.05, 3.63) is 30.3 Å². The number of cyclic esters (lactones) is 1. The van der Waals surface area contributed by atoms with Crippen molar-refractivity contribution in [1.29, 1.82) is 0 Å². The standard InChI is InChI=1S/C15H18O4S/c1-15(2,14(17)18-3)13-11(9-12(16)19-13)20-10-7-5-4-6-8-10/h4-8,11,13H,9H2,1-3H3/t11-,13-/m1/s1. The molecule has 0 unspecified atom stereocenters. The summed E-state index contributed by atoms with van der Waals surface area (Å²) in [6, 6.07) is 9.79. The van der Waals surface area contributed by atoms with Crippen molar-refractivity contribution < 1.29 is 19.1 Å². The van der Waals surface area contributed by atoms with E-state index in [0.717, 1.165) is 4.90 Å². The van der Waals surface area contributed by atoms with Gasteiger partial charge >= 0.3 is 11.9 Å². The molecule has 0 aromatic heterocycles. The summed E-state index contributed by atoms with van der Waals surface area (Å²) in [5, 5.41) is -0.0843. The van der Waals surface area contributed by atoms with Crippen LogP contribution >= 0.6 is 11.8 Å². The highest BCUT2D eigenvalue weighted by Gasteiger charge is 2.49. The number of methoxy groups -OCH3 is 1. The van der Waals surface area contributed by atoms with Crippen LogP contribution in [0.1, 0.15) is 20.3 Å². The summed E-state index contributed by atoms with van der Waals surface area (Å²) >= 11 is 1.56. The molecule has 20 heavy (non-hydrogen) atoms. The van der Waals surface area contributed by atoms with E-state index >= 15 is 0 Å². The number of carbonyl (C=O) groups excluding carboxylic acids is 2. The van der Waals surface area contributed by atoms with E-state index in [1.165, 1.54) is 7.11 Å². The van der Waals surface area contributed by atoms with Crippen LogP contribution in [-0.2, 0) is 19.1 Å². The van der Waals surface area contributed by atoms with E-state index in [-0.39, 0.29) is 17.2 Å². The molecule has 0 spiro atoms. The van der Waals surface area contributed by atoms with Crippen LogP contribution in [0.4, 0.5) is 0 Å². The zero-order valence-corrected chi connectivity index (χ0v) is 12.6. The van der Waals surface area contributed by atoms with Crippen LogP contribution in [0.25, 0.3) is 0 Å². The molecule has 1 heterocycles. The third-order valence-electron chi connectivity index (χ3n) is 3.42. The molecule has 1 saturated heterocycles. The molecule has 1 aromatic rings. The summed E-state index contributed by atoms with van der Waals surface area (Å²) in [5.41, 5.74) is -0.854. The molecule has 1 fully saturated rings. The smallest absolute Gasteiger partial charge is 0.315 e. The number of hydrogen-bond donors (Lipinski definition) is 0.